The summed E-state index contributed by atoms with van der Waals surface area (Å²) >= 11 is 0. The van der Waals surface area contributed by atoms with E-state index in [0.29, 0.717) is 31.0 Å². The molecule has 6 heteroatoms. The van der Waals surface area contributed by atoms with Crippen LogP contribution in [0, 0.1) is 0 Å². The van der Waals surface area contributed by atoms with E-state index in [9.17, 15) is 4.79 Å². The van der Waals surface area contributed by atoms with Gasteiger partial charge in [0.1, 0.15) is 5.69 Å². The molecule has 1 N–H and O–H groups in total. The number of hydrogen-bond acceptors (Lipinski definition) is 5. The monoisotopic (exact) mass is 288 g/mol. The number of nitrogens with one attached hydrogen (secondary N) is 1. The summed E-state index contributed by atoms with van der Waals surface area (Å²) in [6.07, 6.45) is 1.71. The molecule has 0 fully saturated rings. The normalized spacial score (nSPS) is 10.8. The van der Waals surface area contributed by atoms with Crippen molar-refractivity contribution in [3.63, 3.8) is 0 Å². The molecule has 0 unspecified atom stereocenters. The molecule has 0 aliphatic carbocycles. The van der Waals surface area contributed by atoms with Gasteiger partial charge in [0, 0.05) is 25.4 Å². The molecule has 0 saturated heterocycles. The zero-order valence-electron chi connectivity index (χ0n) is 12.4. The van der Waals surface area contributed by atoms with Gasteiger partial charge in [0.15, 0.2) is 0 Å². The largest absolute Gasteiger partial charge is 0.383 e. The summed E-state index contributed by atoms with van der Waals surface area (Å²) in [5.74, 6) is 0. The van der Waals surface area contributed by atoms with Gasteiger partial charge >= 0.3 is 0 Å². The van der Waals surface area contributed by atoms with Crippen LogP contribution in [0.15, 0.2) is 35.3 Å². The Morgan fingerprint density at radius 3 is 2.86 bits per heavy atom. The number of rotatable bonds is 7. The molecule has 112 valence electrons. The second-order valence-electron chi connectivity index (χ2n) is 4.57. The quantitative estimate of drug-likeness (QED) is 0.825. The Labute approximate surface area is 123 Å². The van der Waals surface area contributed by atoms with Gasteiger partial charge in [0.2, 0.25) is 0 Å². The van der Waals surface area contributed by atoms with E-state index < -0.39 is 0 Å². The molecule has 0 atom stereocenters. The van der Waals surface area contributed by atoms with Crippen molar-refractivity contribution in [1.29, 1.82) is 0 Å². The molecule has 0 aromatic carbocycles. The van der Waals surface area contributed by atoms with Gasteiger partial charge < -0.3 is 10.1 Å². The molecule has 2 rings (SSSR count). The van der Waals surface area contributed by atoms with E-state index in [1.807, 2.05) is 25.1 Å². The maximum Gasteiger partial charge on any atom is 0.271 e. The van der Waals surface area contributed by atoms with E-state index in [1.165, 1.54) is 4.68 Å². The minimum absolute atomic E-state index is 0.0901. The van der Waals surface area contributed by atoms with Crippen molar-refractivity contribution in [3.05, 3.63) is 46.4 Å². The van der Waals surface area contributed by atoms with Gasteiger partial charge in [0.05, 0.1) is 18.8 Å². The molecule has 0 aliphatic heterocycles. The minimum atomic E-state index is -0.0901. The zero-order valence-corrected chi connectivity index (χ0v) is 12.4. The molecule has 2 aromatic heterocycles. The molecule has 0 bridgehead atoms. The van der Waals surface area contributed by atoms with Crippen molar-refractivity contribution in [3.8, 4) is 11.4 Å². The third-order valence-corrected chi connectivity index (χ3v) is 3.05. The second kappa shape index (κ2) is 7.66. The molecule has 0 radical (unpaired) electrons. The van der Waals surface area contributed by atoms with Gasteiger partial charge in [-0.1, -0.05) is 13.0 Å². The van der Waals surface area contributed by atoms with Crippen molar-refractivity contribution in [2.24, 2.45) is 0 Å². The molecule has 2 heterocycles. The summed E-state index contributed by atoms with van der Waals surface area (Å²) in [5.41, 5.74) is 2.04. The lowest BCUT2D eigenvalue weighted by molar-refractivity contribution is 0.182. The fourth-order valence-corrected chi connectivity index (χ4v) is 1.95. The van der Waals surface area contributed by atoms with Crippen molar-refractivity contribution in [2.45, 2.75) is 20.0 Å². The van der Waals surface area contributed by atoms with E-state index in [1.54, 1.807) is 19.4 Å². The summed E-state index contributed by atoms with van der Waals surface area (Å²) in [6, 6.07) is 7.43. The third kappa shape index (κ3) is 3.96. The second-order valence-corrected chi connectivity index (χ2v) is 4.57. The highest BCUT2D eigenvalue weighted by Gasteiger charge is 2.10. The van der Waals surface area contributed by atoms with Crippen LogP contribution in [0.4, 0.5) is 0 Å². The van der Waals surface area contributed by atoms with Crippen LogP contribution in [0.25, 0.3) is 11.4 Å². The van der Waals surface area contributed by atoms with Gasteiger partial charge in [-0.3, -0.25) is 9.78 Å². The van der Waals surface area contributed by atoms with Gasteiger partial charge in [-0.15, -0.1) is 0 Å². The Morgan fingerprint density at radius 2 is 2.19 bits per heavy atom. The van der Waals surface area contributed by atoms with Gasteiger partial charge in [-0.05, 0) is 24.7 Å². The Balaban J connectivity index is 2.43. The number of aromatic nitrogens is 3. The van der Waals surface area contributed by atoms with Crippen LogP contribution in [0.2, 0.25) is 0 Å². The average Bonchev–Trinajstić information content (AvgIpc) is 2.53. The lowest BCUT2D eigenvalue weighted by Gasteiger charge is -2.10. The predicted molar refractivity (Wildman–Crippen MR) is 81.0 cm³/mol. The van der Waals surface area contributed by atoms with Crippen LogP contribution < -0.4 is 10.9 Å². The molecular formula is C15H20N4O2. The van der Waals surface area contributed by atoms with Crippen LogP contribution in [-0.2, 0) is 17.8 Å². The van der Waals surface area contributed by atoms with E-state index in [-0.39, 0.29) is 5.56 Å². The summed E-state index contributed by atoms with van der Waals surface area (Å²) < 4.78 is 6.48. The average molecular weight is 288 g/mol. The molecular weight excluding hydrogens is 268 g/mol. The highest BCUT2D eigenvalue weighted by Crippen LogP contribution is 2.12. The van der Waals surface area contributed by atoms with Crippen molar-refractivity contribution >= 4 is 0 Å². The number of nitrogens with zero attached hydrogens (tertiary/aromatic N) is 3. The first-order valence-corrected chi connectivity index (χ1v) is 6.98. The molecule has 2 aromatic rings. The van der Waals surface area contributed by atoms with Crippen LogP contribution >= 0.6 is 0 Å². The maximum absolute atomic E-state index is 12.3. The Kier molecular flexibility index (Phi) is 5.59. The molecule has 0 saturated carbocycles. The first kappa shape index (κ1) is 15.3. The van der Waals surface area contributed by atoms with Crippen molar-refractivity contribution < 1.29 is 4.74 Å². The Morgan fingerprint density at radius 1 is 1.33 bits per heavy atom. The predicted octanol–water partition coefficient (Wildman–Crippen LogP) is 1.06. The Bertz CT molecular complexity index is 593. The van der Waals surface area contributed by atoms with Crippen LogP contribution in [0.1, 0.15) is 12.5 Å². The standard InChI is InChI=1S/C15H20N4O2/c1-3-16-11-12-10-14(13-6-4-5-7-17-13)18-19(15(12)20)8-9-21-2/h4-7,10,16H,3,8-9,11H2,1-2H3. The fourth-order valence-electron chi connectivity index (χ4n) is 1.95. The highest BCUT2D eigenvalue weighted by atomic mass is 16.5. The van der Waals surface area contributed by atoms with E-state index in [4.69, 9.17) is 4.74 Å². The number of hydrogen-bond donors (Lipinski definition) is 1. The lowest BCUT2D eigenvalue weighted by atomic mass is 10.2. The smallest absolute Gasteiger partial charge is 0.271 e. The molecule has 0 spiro atoms. The minimum Gasteiger partial charge on any atom is -0.383 e. The highest BCUT2D eigenvalue weighted by molar-refractivity contribution is 5.53. The van der Waals surface area contributed by atoms with E-state index in [0.717, 1.165) is 12.2 Å². The van der Waals surface area contributed by atoms with Crippen molar-refractivity contribution in [1.82, 2.24) is 20.1 Å². The zero-order chi connectivity index (χ0) is 15.1. The topological polar surface area (TPSA) is 69.0 Å². The molecule has 0 amide bonds. The fraction of sp³-hybridized carbons (Fsp3) is 0.400. The molecule has 21 heavy (non-hydrogen) atoms. The van der Waals surface area contributed by atoms with E-state index >= 15 is 0 Å². The van der Waals surface area contributed by atoms with Gasteiger partial charge in [-0.2, -0.15) is 5.10 Å². The number of methoxy groups -OCH3 is 1. The summed E-state index contributed by atoms with van der Waals surface area (Å²) in [4.78, 5) is 16.6. The third-order valence-electron chi connectivity index (χ3n) is 3.05. The van der Waals surface area contributed by atoms with Crippen molar-refractivity contribution in [2.75, 3.05) is 20.3 Å². The van der Waals surface area contributed by atoms with Crippen LogP contribution in [0.3, 0.4) is 0 Å². The summed E-state index contributed by atoms with van der Waals surface area (Å²) in [7, 11) is 1.60. The van der Waals surface area contributed by atoms with Gasteiger partial charge in [-0.25, -0.2) is 4.68 Å². The molecule has 6 nitrogen and oxygen atoms in total. The number of pyridine rings is 1. The van der Waals surface area contributed by atoms with E-state index in [2.05, 4.69) is 15.4 Å². The van der Waals surface area contributed by atoms with Gasteiger partial charge in [0.25, 0.3) is 5.56 Å². The summed E-state index contributed by atoms with van der Waals surface area (Å²) in [5, 5.41) is 7.56. The maximum atomic E-state index is 12.3. The SMILES string of the molecule is CCNCc1cc(-c2ccccn2)nn(CCOC)c1=O. The first-order chi connectivity index (χ1) is 10.3. The van der Waals surface area contributed by atoms with Crippen LogP contribution in [-0.4, -0.2) is 35.0 Å². The van der Waals surface area contributed by atoms with Crippen LogP contribution in [0.5, 0.6) is 0 Å². The lowest BCUT2D eigenvalue weighted by Crippen LogP contribution is -2.30. The Hall–Kier alpha value is -2.05. The number of ether oxygens (including phenoxy) is 1. The first-order valence-electron chi connectivity index (χ1n) is 6.98. The molecule has 0 aliphatic rings. The summed E-state index contributed by atoms with van der Waals surface area (Å²) in [6.45, 7) is 4.20.